The molecule has 0 spiro atoms. The molecule has 3 heterocycles. The molecular weight excluding hydrogens is 430 g/mol. The molecule has 1 fully saturated rings. The first-order valence-corrected chi connectivity index (χ1v) is 11.9. The Kier molecular flexibility index (Phi) is 5.81. The number of para-hydroxylation sites is 1. The Balaban J connectivity index is 1.34. The Morgan fingerprint density at radius 2 is 1.84 bits per heavy atom. The van der Waals surface area contributed by atoms with Gasteiger partial charge in [0, 0.05) is 13.1 Å². The van der Waals surface area contributed by atoms with E-state index in [1.807, 2.05) is 53.1 Å². The van der Waals surface area contributed by atoms with Crippen molar-refractivity contribution in [2.24, 2.45) is 8.73 Å². The monoisotopic (exact) mass is 451 g/mol. The van der Waals surface area contributed by atoms with E-state index in [4.69, 9.17) is 0 Å². The SMILES string of the molecule is O=C(CSc1nnc(N2CCCCC2)n1-c1ccccc1)Nc1cccc2c1N=S=N2. The van der Waals surface area contributed by atoms with Crippen molar-refractivity contribution in [2.75, 3.05) is 29.1 Å². The zero-order valence-corrected chi connectivity index (χ0v) is 18.4. The number of piperidine rings is 1. The normalized spacial score (nSPS) is 14.9. The molecule has 2 aliphatic heterocycles. The molecular formula is C21H21N7OS2. The number of nitrogens with one attached hydrogen (secondary N) is 1. The topological polar surface area (TPSA) is 87.8 Å². The van der Waals surface area contributed by atoms with Gasteiger partial charge in [0.25, 0.3) is 0 Å². The average Bonchev–Trinajstić information content (AvgIpc) is 3.47. The molecule has 8 nitrogen and oxygen atoms in total. The summed E-state index contributed by atoms with van der Waals surface area (Å²) in [6, 6.07) is 15.7. The lowest BCUT2D eigenvalue weighted by Gasteiger charge is -2.27. The third kappa shape index (κ3) is 4.26. The first-order chi connectivity index (χ1) is 15.3. The van der Waals surface area contributed by atoms with Gasteiger partial charge >= 0.3 is 0 Å². The molecule has 3 aromatic rings. The molecule has 1 saturated heterocycles. The molecule has 158 valence electrons. The van der Waals surface area contributed by atoms with Crippen LogP contribution in [-0.2, 0) is 16.1 Å². The Bertz CT molecular complexity index is 1170. The molecule has 0 saturated carbocycles. The molecule has 0 atom stereocenters. The Morgan fingerprint density at radius 3 is 2.68 bits per heavy atom. The van der Waals surface area contributed by atoms with Crippen molar-refractivity contribution in [3.8, 4) is 5.69 Å². The van der Waals surface area contributed by atoms with Gasteiger partial charge < -0.3 is 10.2 Å². The van der Waals surface area contributed by atoms with Crippen LogP contribution in [0.15, 0.2) is 62.4 Å². The second-order valence-electron chi connectivity index (χ2n) is 7.28. The minimum Gasteiger partial charge on any atom is -0.341 e. The number of amides is 1. The maximum absolute atomic E-state index is 12.7. The predicted molar refractivity (Wildman–Crippen MR) is 125 cm³/mol. The van der Waals surface area contributed by atoms with Crippen LogP contribution in [0.5, 0.6) is 0 Å². The van der Waals surface area contributed by atoms with Crippen molar-refractivity contribution in [1.29, 1.82) is 0 Å². The second kappa shape index (κ2) is 9.03. The maximum atomic E-state index is 12.7. The maximum Gasteiger partial charge on any atom is 0.234 e. The minimum absolute atomic E-state index is 0.118. The summed E-state index contributed by atoms with van der Waals surface area (Å²) in [4.78, 5) is 14.9. The predicted octanol–water partition coefficient (Wildman–Crippen LogP) is 4.71. The number of thioether (sulfide) groups is 1. The highest BCUT2D eigenvalue weighted by Gasteiger charge is 2.22. The molecule has 31 heavy (non-hydrogen) atoms. The van der Waals surface area contributed by atoms with Gasteiger partial charge in [-0.3, -0.25) is 9.36 Å². The molecule has 0 bridgehead atoms. The summed E-state index contributed by atoms with van der Waals surface area (Å²) in [6.07, 6.45) is 3.56. The van der Waals surface area contributed by atoms with E-state index in [9.17, 15) is 4.79 Å². The molecule has 1 aromatic heterocycles. The zero-order valence-electron chi connectivity index (χ0n) is 16.8. The van der Waals surface area contributed by atoms with E-state index >= 15 is 0 Å². The van der Waals surface area contributed by atoms with Gasteiger partial charge in [0.1, 0.15) is 11.4 Å². The minimum atomic E-state index is -0.118. The van der Waals surface area contributed by atoms with Crippen LogP contribution in [0.25, 0.3) is 5.69 Å². The van der Waals surface area contributed by atoms with Crippen LogP contribution >= 0.6 is 11.8 Å². The van der Waals surface area contributed by atoms with Crippen molar-refractivity contribution >= 4 is 52.0 Å². The van der Waals surface area contributed by atoms with E-state index in [-0.39, 0.29) is 11.7 Å². The number of aromatic nitrogens is 3. The number of hydrogen-bond acceptors (Lipinski definition) is 7. The fourth-order valence-electron chi connectivity index (χ4n) is 3.68. The lowest BCUT2D eigenvalue weighted by Crippen LogP contribution is -2.31. The molecule has 0 aliphatic carbocycles. The first kappa shape index (κ1) is 20.0. The van der Waals surface area contributed by atoms with Gasteiger partial charge in [0.05, 0.1) is 28.5 Å². The van der Waals surface area contributed by atoms with E-state index in [1.54, 1.807) is 0 Å². The molecule has 1 amide bonds. The number of fused-ring (bicyclic) bond motifs is 1. The van der Waals surface area contributed by atoms with Crippen LogP contribution in [0.2, 0.25) is 0 Å². The van der Waals surface area contributed by atoms with Gasteiger partial charge in [-0.05, 0) is 43.5 Å². The lowest BCUT2D eigenvalue weighted by molar-refractivity contribution is -0.113. The molecule has 10 heteroatoms. The summed E-state index contributed by atoms with van der Waals surface area (Å²) < 4.78 is 10.5. The highest BCUT2D eigenvalue weighted by Crippen LogP contribution is 2.38. The van der Waals surface area contributed by atoms with E-state index in [0.29, 0.717) is 16.5 Å². The second-order valence-corrected chi connectivity index (χ2v) is 8.75. The number of anilines is 2. The van der Waals surface area contributed by atoms with Crippen LogP contribution in [0.3, 0.4) is 0 Å². The van der Waals surface area contributed by atoms with Crippen LogP contribution in [-0.4, -0.2) is 39.5 Å². The number of benzene rings is 2. The third-order valence-corrected chi connectivity index (χ3v) is 6.63. The molecule has 0 radical (unpaired) electrons. The largest absolute Gasteiger partial charge is 0.341 e. The summed E-state index contributed by atoms with van der Waals surface area (Å²) >= 11 is 2.52. The highest BCUT2D eigenvalue weighted by atomic mass is 32.2. The van der Waals surface area contributed by atoms with E-state index in [2.05, 4.69) is 29.1 Å². The van der Waals surface area contributed by atoms with Gasteiger partial charge in [0.15, 0.2) is 5.16 Å². The smallest absolute Gasteiger partial charge is 0.234 e. The third-order valence-electron chi connectivity index (χ3n) is 5.16. The van der Waals surface area contributed by atoms with Crippen molar-refractivity contribution in [2.45, 2.75) is 24.4 Å². The van der Waals surface area contributed by atoms with Gasteiger partial charge in [-0.2, -0.15) is 8.73 Å². The summed E-state index contributed by atoms with van der Waals surface area (Å²) in [5.41, 5.74) is 3.17. The van der Waals surface area contributed by atoms with Gasteiger partial charge in [-0.15, -0.1) is 10.2 Å². The quantitative estimate of drug-likeness (QED) is 0.429. The molecule has 0 unspecified atom stereocenters. The average molecular weight is 452 g/mol. The molecule has 1 N–H and O–H groups in total. The number of hydrogen-bond donors (Lipinski definition) is 1. The van der Waals surface area contributed by atoms with Crippen molar-refractivity contribution in [3.05, 3.63) is 48.5 Å². The number of nitrogens with zero attached hydrogens (tertiary/aromatic N) is 6. The van der Waals surface area contributed by atoms with E-state index in [1.165, 1.54) is 18.2 Å². The molecule has 2 aliphatic rings. The summed E-state index contributed by atoms with van der Waals surface area (Å²) in [7, 11) is 0. The van der Waals surface area contributed by atoms with Crippen LogP contribution in [0.1, 0.15) is 19.3 Å². The summed E-state index contributed by atoms with van der Waals surface area (Å²) in [5, 5.41) is 12.6. The Labute approximate surface area is 188 Å². The standard InChI is InChI=1S/C21H21N7OS2/c29-18(22-16-10-7-11-17-19(16)26-31-25-17)14-30-21-24-23-20(27-12-5-2-6-13-27)28(21)15-8-3-1-4-9-15/h1,3-4,7-11H,2,5-6,12-14H2,(H,22,29). The lowest BCUT2D eigenvalue weighted by atomic mass is 10.1. The van der Waals surface area contributed by atoms with Crippen molar-refractivity contribution < 1.29 is 4.79 Å². The Morgan fingerprint density at radius 1 is 1.00 bits per heavy atom. The summed E-state index contributed by atoms with van der Waals surface area (Å²) in [5.74, 6) is 0.943. The van der Waals surface area contributed by atoms with Crippen LogP contribution < -0.4 is 10.2 Å². The van der Waals surface area contributed by atoms with Crippen LogP contribution in [0, 0.1) is 0 Å². The van der Waals surface area contributed by atoms with Gasteiger partial charge in [0.2, 0.25) is 11.9 Å². The zero-order chi connectivity index (χ0) is 21.0. The number of rotatable bonds is 6. The van der Waals surface area contributed by atoms with Gasteiger partial charge in [-0.25, -0.2) is 0 Å². The molecule has 2 aromatic carbocycles. The fourth-order valence-corrected chi connectivity index (χ4v) is 4.98. The highest BCUT2D eigenvalue weighted by molar-refractivity contribution is 7.99. The van der Waals surface area contributed by atoms with Gasteiger partial charge in [-0.1, -0.05) is 36.0 Å². The van der Waals surface area contributed by atoms with Crippen molar-refractivity contribution in [3.63, 3.8) is 0 Å². The molecule has 5 rings (SSSR count). The fraction of sp³-hybridized carbons (Fsp3) is 0.286. The van der Waals surface area contributed by atoms with Crippen molar-refractivity contribution in [1.82, 2.24) is 14.8 Å². The van der Waals surface area contributed by atoms with Crippen LogP contribution in [0.4, 0.5) is 23.0 Å². The number of carbonyl (C=O) groups excluding carboxylic acids is 1. The summed E-state index contributed by atoms with van der Waals surface area (Å²) in [6.45, 7) is 1.95. The Hall–Kier alpha value is -2.98. The van der Waals surface area contributed by atoms with E-state index in [0.717, 1.165) is 54.6 Å². The number of carbonyl (C=O) groups is 1. The van der Waals surface area contributed by atoms with E-state index < -0.39 is 0 Å². The first-order valence-electron chi connectivity index (χ1n) is 10.2.